The molecule has 3 rings (SSSR count). The summed E-state index contributed by atoms with van der Waals surface area (Å²) in [4.78, 5) is 19.9. The molecule has 1 unspecified atom stereocenters. The van der Waals surface area contributed by atoms with Crippen LogP contribution in [0.3, 0.4) is 0 Å². The molecular weight excluding hydrogens is 316 g/mol. The van der Waals surface area contributed by atoms with Gasteiger partial charge in [-0.05, 0) is 25.0 Å². The van der Waals surface area contributed by atoms with Crippen molar-refractivity contribution in [1.82, 2.24) is 9.97 Å². The maximum atomic E-state index is 12.3. The molecule has 1 N–H and O–H groups in total. The van der Waals surface area contributed by atoms with E-state index in [2.05, 4.69) is 36.2 Å². The zero-order valence-corrected chi connectivity index (χ0v) is 14.6. The van der Waals surface area contributed by atoms with Crippen LogP contribution in [0.15, 0.2) is 70.6 Å². The second-order valence-corrected chi connectivity index (χ2v) is 7.11. The summed E-state index contributed by atoms with van der Waals surface area (Å²) in [5, 5.41) is 0.898. The quantitative estimate of drug-likeness (QED) is 0.550. The molecule has 0 fully saturated rings. The summed E-state index contributed by atoms with van der Waals surface area (Å²) < 4.78 is 0. The number of nitrogens with zero attached hydrogens (tertiary/aromatic N) is 1. The van der Waals surface area contributed by atoms with Crippen molar-refractivity contribution in [3.8, 4) is 0 Å². The third-order valence-corrected chi connectivity index (χ3v) is 5.04. The second-order valence-electron chi connectivity index (χ2n) is 5.78. The highest BCUT2D eigenvalue weighted by Crippen LogP contribution is 2.32. The fraction of sp³-hybridized carbons (Fsp3) is 0.200. The minimum Gasteiger partial charge on any atom is -0.301 e. The highest BCUT2D eigenvalue weighted by molar-refractivity contribution is 7.99. The molecule has 0 aliphatic carbocycles. The van der Waals surface area contributed by atoms with Crippen molar-refractivity contribution in [1.29, 1.82) is 0 Å². The molecule has 4 heteroatoms. The molecule has 0 amide bonds. The highest BCUT2D eigenvalue weighted by atomic mass is 32.2. The van der Waals surface area contributed by atoms with Gasteiger partial charge >= 0.3 is 0 Å². The first-order valence-corrected chi connectivity index (χ1v) is 8.87. The first-order valence-electron chi connectivity index (χ1n) is 7.99. The fourth-order valence-electron chi connectivity index (χ4n) is 2.53. The lowest BCUT2D eigenvalue weighted by atomic mass is 10.1. The van der Waals surface area contributed by atoms with Crippen LogP contribution < -0.4 is 5.56 Å². The van der Waals surface area contributed by atoms with Crippen molar-refractivity contribution in [2.75, 3.05) is 0 Å². The average molecular weight is 336 g/mol. The van der Waals surface area contributed by atoms with Crippen LogP contribution >= 0.6 is 11.8 Å². The van der Waals surface area contributed by atoms with E-state index in [-0.39, 0.29) is 10.8 Å². The Kier molecular flexibility index (Phi) is 5.16. The van der Waals surface area contributed by atoms with E-state index in [9.17, 15) is 4.79 Å². The van der Waals surface area contributed by atoms with Crippen molar-refractivity contribution < 1.29 is 0 Å². The zero-order chi connectivity index (χ0) is 16.9. The number of nitrogens with one attached hydrogen (secondary N) is 1. The van der Waals surface area contributed by atoms with E-state index in [0.29, 0.717) is 17.1 Å². The van der Waals surface area contributed by atoms with Crippen LogP contribution in [0, 0.1) is 6.92 Å². The van der Waals surface area contributed by atoms with Crippen molar-refractivity contribution >= 4 is 11.8 Å². The number of hydrogen-bond donors (Lipinski definition) is 1. The van der Waals surface area contributed by atoms with Gasteiger partial charge in [0.25, 0.3) is 5.56 Å². The Labute approximate surface area is 146 Å². The summed E-state index contributed by atoms with van der Waals surface area (Å²) in [5.74, 6) is 0. The van der Waals surface area contributed by atoms with Gasteiger partial charge in [0.2, 0.25) is 0 Å². The standard InChI is InChI=1S/C20H20N2OS/c1-14-18(13-16-9-5-3-6-10-16)21-20(22-19(14)23)24-15(2)17-11-7-4-8-12-17/h3-12,15H,13H2,1-2H3,(H,21,22,23). The van der Waals surface area contributed by atoms with Gasteiger partial charge < -0.3 is 4.98 Å². The lowest BCUT2D eigenvalue weighted by Crippen LogP contribution is -2.16. The van der Waals surface area contributed by atoms with E-state index >= 15 is 0 Å². The lowest BCUT2D eigenvalue weighted by molar-refractivity contribution is 0.853. The largest absolute Gasteiger partial charge is 0.301 e. The third kappa shape index (κ3) is 3.95. The summed E-state index contributed by atoms with van der Waals surface area (Å²) in [6.07, 6.45) is 0.671. The molecule has 0 saturated heterocycles. The summed E-state index contributed by atoms with van der Waals surface area (Å²) in [6, 6.07) is 20.4. The van der Waals surface area contributed by atoms with E-state index in [1.165, 1.54) is 5.56 Å². The van der Waals surface area contributed by atoms with E-state index < -0.39 is 0 Å². The van der Waals surface area contributed by atoms with E-state index in [4.69, 9.17) is 4.98 Å². The first kappa shape index (κ1) is 16.5. The molecule has 2 aromatic carbocycles. The molecule has 0 aliphatic heterocycles. The maximum Gasteiger partial charge on any atom is 0.254 e. The monoisotopic (exact) mass is 336 g/mol. The van der Waals surface area contributed by atoms with Crippen molar-refractivity contribution in [2.45, 2.75) is 30.7 Å². The van der Waals surface area contributed by atoms with Crippen LogP contribution in [0.5, 0.6) is 0 Å². The second kappa shape index (κ2) is 7.49. The first-order chi connectivity index (χ1) is 11.6. The molecule has 1 heterocycles. The van der Waals surface area contributed by atoms with Crippen molar-refractivity contribution in [2.24, 2.45) is 0 Å². The predicted octanol–water partition coefficient (Wildman–Crippen LogP) is 4.52. The van der Waals surface area contributed by atoms with Crippen LogP contribution in [0.4, 0.5) is 0 Å². The Morgan fingerprint density at radius 1 is 1.04 bits per heavy atom. The highest BCUT2D eigenvalue weighted by Gasteiger charge is 2.13. The maximum absolute atomic E-state index is 12.3. The van der Waals surface area contributed by atoms with E-state index in [1.54, 1.807) is 11.8 Å². The average Bonchev–Trinajstić information content (AvgIpc) is 2.61. The van der Waals surface area contributed by atoms with Crippen LogP contribution in [-0.2, 0) is 6.42 Å². The number of thioether (sulfide) groups is 1. The Morgan fingerprint density at radius 3 is 2.33 bits per heavy atom. The molecule has 0 saturated carbocycles. The lowest BCUT2D eigenvalue weighted by Gasteiger charge is -2.12. The van der Waals surface area contributed by atoms with Gasteiger partial charge in [-0.1, -0.05) is 72.4 Å². The van der Waals surface area contributed by atoms with Gasteiger partial charge in [0.1, 0.15) is 0 Å². The molecule has 1 aromatic heterocycles. The molecule has 0 bridgehead atoms. The van der Waals surface area contributed by atoms with Crippen LogP contribution in [-0.4, -0.2) is 9.97 Å². The topological polar surface area (TPSA) is 45.8 Å². The molecule has 0 aliphatic rings. The van der Waals surface area contributed by atoms with Gasteiger partial charge in [-0.3, -0.25) is 4.79 Å². The molecular formula is C20H20N2OS. The number of H-pyrrole nitrogens is 1. The number of hydrogen-bond acceptors (Lipinski definition) is 3. The Bertz CT molecular complexity index is 860. The molecule has 24 heavy (non-hydrogen) atoms. The molecule has 3 aromatic rings. The SMILES string of the molecule is Cc1c(Cc2ccccc2)nc(SC(C)c2ccccc2)[nH]c1=O. The van der Waals surface area contributed by atoms with Crippen LogP contribution in [0.1, 0.15) is 34.6 Å². The predicted molar refractivity (Wildman–Crippen MR) is 99.6 cm³/mol. The number of aromatic nitrogens is 2. The minimum absolute atomic E-state index is 0.0568. The van der Waals surface area contributed by atoms with Gasteiger partial charge in [-0.2, -0.15) is 0 Å². The van der Waals surface area contributed by atoms with Crippen LogP contribution in [0.2, 0.25) is 0 Å². The number of benzene rings is 2. The molecule has 0 spiro atoms. The zero-order valence-electron chi connectivity index (χ0n) is 13.8. The van der Waals surface area contributed by atoms with Gasteiger partial charge in [-0.25, -0.2) is 4.98 Å². The molecule has 3 nitrogen and oxygen atoms in total. The van der Waals surface area contributed by atoms with Gasteiger partial charge in [0, 0.05) is 17.2 Å². The molecule has 0 radical (unpaired) electrons. The Hall–Kier alpha value is -2.33. The van der Waals surface area contributed by atoms with Gasteiger partial charge in [0.15, 0.2) is 5.16 Å². The fourth-order valence-corrected chi connectivity index (χ4v) is 3.48. The summed E-state index contributed by atoms with van der Waals surface area (Å²) in [6.45, 7) is 3.95. The Balaban J connectivity index is 1.86. The minimum atomic E-state index is -0.0568. The van der Waals surface area contributed by atoms with E-state index in [0.717, 1.165) is 11.3 Å². The smallest absolute Gasteiger partial charge is 0.254 e. The Morgan fingerprint density at radius 2 is 1.67 bits per heavy atom. The van der Waals surface area contributed by atoms with Gasteiger partial charge in [-0.15, -0.1) is 0 Å². The number of aromatic amines is 1. The normalized spacial score (nSPS) is 12.1. The molecule has 122 valence electrons. The summed E-state index contributed by atoms with van der Waals surface area (Å²) in [5.41, 5.74) is 3.85. The number of rotatable bonds is 5. The van der Waals surface area contributed by atoms with E-state index in [1.807, 2.05) is 43.3 Å². The van der Waals surface area contributed by atoms with Crippen LogP contribution in [0.25, 0.3) is 0 Å². The summed E-state index contributed by atoms with van der Waals surface area (Å²) >= 11 is 1.58. The van der Waals surface area contributed by atoms with Crippen molar-refractivity contribution in [3.05, 3.63) is 93.4 Å². The molecule has 1 atom stereocenters. The summed E-state index contributed by atoms with van der Waals surface area (Å²) in [7, 11) is 0. The van der Waals surface area contributed by atoms with Crippen molar-refractivity contribution in [3.63, 3.8) is 0 Å². The third-order valence-electron chi connectivity index (χ3n) is 4.00. The van der Waals surface area contributed by atoms with Gasteiger partial charge in [0.05, 0.1) is 5.69 Å².